The molecule has 0 unspecified atom stereocenters. The summed E-state index contributed by atoms with van der Waals surface area (Å²) in [5, 5.41) is 0. The van der Waals surface area contributed by atoms with E-state index in [2.05, 4.69) is 20.9 Å². The molecule has 36 heavy (non-hydrogen) atoms. The number of hydrogen-bond donors (Lipinski definition) is 0. The molecule has 5 heteroatoms. The lowest BCUT2D eigenvalue weighted by molar-refractivity contribution is 0.0789. The zero-order valence-electron chi connectivity index (χ0n) is 20.9. The van der Waals surface area contributed by atoms with E-state index in [4.69, 9.17) is 0 Å². The van der Waals surface area contributed by atoms with Gasteiger partial charge in [0.2, 0.25) is 0 Å². The molecule has 1 aromatic rings. The number of aliphatic imine (C=N–C) groups is 1. The van der Waals surface area contributed by atoms with Crippen LogP contribution in [0.2, 0.25) is 0 Å². The molecule has 1 saturated heterocycles. The van der Waals surface area contributed by atoms with Gasteiger partial charge in [-0.25, -0.2) is 4.39 Å². The molecule has 0 saturated carbocycles. The average molecular weight is 484 g/mol. The number of halogens is 1. The SMILES string of the molecule is O=C(c1ccccc1)N1CCC2=CCCCC2=C1CCN1CCC(C2=CN=C3CC=C(F)C=C23)CC1. The van der Waals surface area contributed by atoms with E-state index >= 15 is 0 Å². The molecule has 0 atom stereocenters. The number of allylic oxidation sites excluding steroid dienone is 7. The van der Waals surface area contributed by atoms with Crippen molar-refractivity contribution in [1.29, 1.82) is 0 Å². The molecule has 5 aliphatic rings. The lowest BCUT2D eigenvalue weighted by Gasteiger charge is -2.38. The van der Waals surface area contributed by atoms with Gasteiger partial charge in [-0.05, 0) is 98.5 Å². The van der Waals surface area contributed by atoms with Crippen molar-refractivity contribution in [1.82, 2.24) is 9.80 Å². The van der Waals surface area contributed by atoms with E-state index in [0.717, 1.165) is 81.6 Å². The Labute approximate surface area is 213 Å². The molecular weight excluding hydrogens is 449 g/mol. The zero-order valence-corrected chi connectivity index (χ0v) is 20.9. The van der Waals surface area contributed by atoms with Crippen LogP contribution in [0.4, 0.5) is 4.39 Å². The molecule has 0 aromatic heterocycles. The molecule has 0 radical (unpaired) electrons. The largest absolute Gasteiger partial charge is 0.311 e. The van der Waals surface area contributed by atoms with Crippen molar-refractivity contribution in [3.8, 4) is 0 Å². The molecule has 3 heterocycles. The lowest BCUT2D eigenvalue weighted by atomic mass is 9.83. The van der Waals surface area contributed by atoms with Gasteiger partial charge in [0.1, 0.15) is 5.83 Å². The summed E-state index contributed by atoms with van der Waals surface area (Å²) in [4.78, 5) is 22.6. The molecule has 3 aliphatic heterocycles. The van der Waals surface area contributed by atoms with E-state index < -0.39 is 0 Å². The molecular formula is C31H34FN3O. The van der Waals surface area contributed by atoms with E-state index in [0.29, 0.717) is 12.3 Å². The van der Waals surface area contributed by atoms with Gasteiger partial charge in [-0.15, -0.1) is 0 Å². The van der Waals surface area contributed by atoms with E-state index in [-0.39, 0.29) is 11.7 Å². The van der Waals surface area contributed by atoms with Crippen LogP contribution < -0.4 is 0 Å². The molecule has 0 bridgehead atoms. The van der Waals surface area contributed by atoms with Crippen LogP contribution in [0.15, 0.2) is 93.6 Å². The number of amides is 1. The Hall–Kier alpha value is -3.05. The number of rotatable bonds is 5. The smallest absolute Gasteiger partial charge is 0.258 e. The minimum Gasteiger partial charge on any atom is -0.311 e. The highest BCUT2D eigenvalue weighted by molar-refractivity contribution is 6.08. The van der Waals surface area contributed by atoms with E-state index in [1.54, 1.807) is 12.2 Å². The quantitative estimate of drug-likeness (QED) is 0.478. The second kappa shape index (κ2) is 10.1. The van der Waals surface area contributed by atoms with Gasteiger partial charge in [-0.1, -0.05) is 24.3 Å². The summed E-state index contributed by atoms with van der Waals surface area (Å²) in [5.41, 5.74) is 8.17. The van der Waals surface area contributed by atoms with Crippen molar-refractivity contribution in [3.63, 3.8) is 0 Å². The van der Waals surface area contributed by atoms with Gasteiger partial charge in [0.25, 0.3) is 5.91 Å². The summed E-state index contributed by atoms with van der Waals surface area (Å²) in [5.74, 6) is 0.440. The summed E-state index contributed by atoms with van der Waals surface area (Å²) < 4.78 is 13.9. The minimum absolute atomic E-state index is 0.132. The molecule has 1 aromatic carbocycles. The lowest BCUT2D eigenvalue weighted by Crippen LogP contribution is -2.39. The minimum atomic E-state index is -0.137. The van der Waals surface area contributed by atoms with Crippen LogP contribution >= 0.6 is 0 Å². The standard InChI is InChI=1S/C31H34FN3O/c32-25-10-11-29-27(20-25)28(21-33-29)23-12-16-34(17-13-23)18-15-30-26-9-5-4-6-22(26)14-19-35(30)31(36)24-7-2-1-3-8-24/h1-3,6-8,10,20-21,23H,4-5,9,11-19H2. The molecule has 1 fully saturated rings. The van der Waals surface area contributed by atoms with Crippen LogP contribution in [0.3, 0.4) is 0 Å². The van der Waals surface area contributed by atoms with E-state index in [9.17, 15) is 9.18 Å². The third-order valence-electron chi connectivity index (χ3n) is 8.40. The highest BCUT2D eigenvalue weighted by Gasteiger charge is 2.32. The summed E-state index contributed by atoms with van der Waals surface area (Å²) in [6.45, 7) is 3.80. The highest BCUT2D eigenvalue weighted by Crippen LogP contribution is 2.38. The van der Waals surface area contributed by atoms with Crippen LogP contribution in [0, 0.1) is 5.92 Å². The van der Waals surface area contributed by atoms with E-state index in [1.807, 2.05) is 36.5 Å². The summed E-state index contributed by atoms with van der Waals surface area (Å²) >= 11 is 0. The van der Waals surface area contributed by atoms with Crippen LogP contribution in [0.25, 0.3) is 0 Å². The highest BCUT2D eigenvalue weighted by atomic mass is 19.1. The number of piperidine rings is 1. The predicted octanol–water partition coefficient (Wildman–Crippen LogP) is 6.52. The Morgan fingerprint density at radius 2 is 1.89 bits per heavy atom. The van der Waals surface area contributed by atoms with Gasteiger partial charge in [0, 0.05) is 49.0 Å². The van der Waals surface area contributed by atoms with Crippen LogP contribution in [0.5, 0.6) is 0 Å². The fourth-order valence-corrected chi connectivity index (χ4v) is 6.43. The molecule has 0 N–H and O–H groups in total. The van der Waals surface area contributed by atoms with Crippen LogP contribution in [-0.2, 0) is 0 Å². The second-order valence-electron chi connectivity index (χ2n) is 10.5. The maximum Gasteiger partial charge on any atom is 0.258 e. The number of hydrogen-bond acceptors (Lipinski definition) is 3. The van der Waals surface area contributed by atoms with Crippen molar-refractivity contribution in [2.45, 2.75) is 51.4 Å². The van der Waals surface area contributed by atoms with Crippen LogP contribution in [-0.4, -0.2) is 47.6 Å². The fraction of sp³-hybridized carbons (Fsp3) is 0.419. The van der Waals surface area contributed by atoms with Crippen molar-refractivity contribution in [2.75, 3.05) is 26.2 Å². The van der Waals surface area contributed by atoms with Crippen molar-refractivity contribution in [3.05, 3.63) is 94.1 Å². The fourth-order valence-electron chi connectivity index (χ4n) is 6.43. The monoisotopic (exact) mass is 483 g/mol. The number of fused-ring (bicyclic) bond motifs is 2. The number of carbonyl (C=O) groups excluding carboxylic acids is 1. The molecule has 186 valence electrons. The first-order chi connectivity index (χ1) is 17.7. The normalized spacial score (nSPS) is 22.8. The first kappa shape index (κ1) is 23.4. The van der Waals surface area contributed by atoms with Crippen molar-refractivity contribution < 1.29 is 9.18 Å². The molecule has 4 nitrogen and oxygen atoms in total. The topological polar surface area (TPSA) is 35.9 Å². The number of likely N-dealkylation sites (tertiary alicyclic amines) is 1. The maximum atomic E-state index is 13.9. The summed E-state index contributed by atoms with van der Waals surface area (Å²) in [7, 11) is 0. The second-order valence-corrected chi connectivity index (χ2v) is 10.5. The third-order valence-corrected chi connectivity index (χ3v) is 8.40. The molecule has 6 rings (SSSR count). The van der Waals surface area contributed by atoms with E-state index in [1.165, 1.54) is 28.8 Å². The molecule has 0 spiro atoms. The number of benzene rings is 1. The third kappa shape index (κ3) is 4.57. The summed E-state index contributed by atoms with van der Waals surface area (Å²) in [6, 6.07) is 9.71. The van der Waals surface area contributed by atoms with Crippen LogP contribution in [0.1, 0.15) is 61.7 Å². The Bertz CT molecular complexity index is 1230. The number of nitrogens with zero attached hydrogens (tertiary/aromatic N) is 3. The zero-order chi connectivity index (χ0) is 24.5. The Morgan fingerprint density at radius 3 is 2.72 bits per heavy atom. The van der Waals surface area contributed by atoms with Gasteiger partial charge in [-0.2, -0.15) is 0 Å². The van der Waals surface area contributed by atoms with Gasteiger partial charge >= 0.3 is 0 Å². The van der Waals surface area contributed by atoms with Gasteiger partial charge in [0.15, 0.2) is 0 Å². The van der Waals surface area contributed by atoms with Crippen molar-refractivity contribution >= 4 is 11.6 Å². The Balaban J connectivity index is 1.13. The first-order valence-corrected chi connectivity index (χ1v) is 13.5. The number of carbonyl (C=O) groups is 1. The molecule has 2 aliphatic carbocycles. The van der Waals surface area contributed by atoms with Gasteiger partial charge in [0.05, 0.1) is 5.71 Å². The average Bonchev–Trinajstić information content (AvgIpc) is 3.35. The summed E-state index contributed by atoms with van der Waals surface area (Å²) in [6.07, 6.45) is 15.7. The first-order valence-electron chi connectivity index (χ1n) is 13.5. The van der Waals surface area contributed by atoms with Crippen molar-refractivity contribution in [2.24, 2.45) is 10.9 Å². The molecule has 1 amide bonds. The van der Waals surface area contributed by atoms with Gasteiger partial charge < -0.3 is 9.80 Å². The Kier molecular flexibility index (Phi) is 6.58. The predicted molar refractivity (Wildman–Crippen MR) is 142 cm³/mol. The maximum absolute atomic E-state index is 13.9. The van der Waals surface area contributed by atoms with Gasteiger partial charge in [-0.3, -0.25) is 9.79 Å². The Morgan fingerprint density at radius 1 is 1.06 bits per heavy atom.